The third kappa shape index (κ3) is 3.95. The van der Waals surface area contributed by atoms with Crippen molar-refractivity contribution in [3.8, 4) is 12.3 Å². The van der Waals surface area contributed by atoms with Crippen LogP contribution < -0.4 is 10.6 Å². The fraction of sp³-hybridized carbons (Fsp3) is 0.286. The summed E-state index contributed by atoms with van der Waals surface area (Å²) in [4.78, 5) is 22.7. The van der Waals surface area contributed by atoms with Crippen LogP contribution in [0.5, 0.6) is 0 Å². The predicted octanol–water partition coefficient (Wildman–Crippen LogP) is 2.42. The molecule has 4 heteroatoms. The van der Waals surface area contributed by atoms with Crippen molar-refractivity contribution in [3.05, 3.63) is 29.8 Å². The Morgan fingerprint density at radius 2 is 1.94 bits per heavy atom. The van der Waals surface area contributed by atoms with Gasteiger partial charge in [0.15, 0.2) is 5.78 Å². The molecule has 0 aliphatic rings. The first kappa shape index (κ1) is 13.8. The van der Waals surface area contributed by atoms with Crippen LogP contribution in [0.25, 0.3) is 0 Å². The second-order valence-electron chi connectivity index (χ2n) is 3.86. The third-order valence-corrected chi connectivity index (χ3v) is 2.46. The molecular weight excluding hydrogens is 228 g/mol. The van der Waals surface area contributed by atoms with Crippen LogP contribution in [0.3, 0.4) is 0 Å². The SMILES string of the molecule is C#CC(CC)NC(=O)Nc1ccc(C(C)=O)cc1. The molecule has 0 aliphatic heterocycles. The van der Waals surface area contributed by atoms with Gasteiger partial charge in [-0.05, 0) is 37.6 Å². The minimum atomic E-state index is -0.352. The quantitative estimate of drug-likeness (QED) is 0.631. The molecule has 1 rings (SSSR count). The first-order valence-corrected chi connectivity index (χ1v) is 5.71. The highest BCUT2D eigenvalue weighted by atomic mass is 16.2. The Balaban J connectivity index is 2.60. The summed E-state index contributed by atoms with van der Waals surface area (Å²) in [5.74, 6) is 2.47. The van der Waals surface area contributed by atoms with E-state index in [4.69, 9.17) is 6.42 Å². The molecule has 1 aromatic rings. The molecule has 1 atom stereocenters. The largest absolute Gasteiger partial charge is 0.324 e. The van der Waals surface area contributed by atoms with E-state index in [-0.39, 0.29) is 17.9 Å². The summed E-state index contributed by atoms with van der Waals surface area (Å²) in [6, 6.07) is 6.05. The smallest absolute Gasteiger partial charge is 0.320 e. The van der Waals surface area contributed by atoms with Crippen LogP contribution in [0.15, 0.2) is 24.3 Å². The van der Waals surface area contributed by atoms with Crippen molar-refractivity contribution < 1.29 is 9.59 Å². The van der Waals surface area contributed by atoms with Gasteiger partial charge in [-0.15, -0.1) is 6.42 Å². The van der Waals surface area contributed by atoms with Crippen molar-refractivity contribution in [2.45, 2.75) is 26.3 Å². The summed E-state index contributed by atoms with van der Waals surface area (Å²) in [6.45, 7) is 3.39. The summed E-state index contributed by atoms with van der Waals surface area (Å²) in [7, 11) is 0. The maximum absolute atomic E-state index is 11.6. The number of anilines is 1. The number of urea groups is 1. The average molecular weight is 244 g/mol. The highest BCUT2D eigenvalue weighted by Crippen LogP contribution is 2.09. The molecule has 0 radical (unpaired) electrons. The fourth-order valence-electron chi connectivity index (χ4n) is 1.38. The minimum Gasteiger partial charge on any atom is -0.324 e. The van der Waals surface area contributed by atoms with E-state index in [2.05, 4.69) is 16.6 Å². The highest BCUT2D eigenvalue weighted by Gasteiger charge is 2.07. The van der Waals surface area contributed by atoms with E-state index in [0.717, 1.165) is 0 Å². The summed E-state index contributed by atoms with van der Waals surface area (Å²) in [6.07, 6.45) is 5.92. The average Bonchev–Trinajstić information content (AvgIpc) is 2.36. The van der Waals surface area contributed by atoms with Gasteiger partial charge in [0.25, 0.3) is 0 Å². The number of terminal acetylenes is 1. The normalized spacial score (nSPS) is 11.2. The molecule has 1 aromatic carbocycles. The van der Waals surface area contributed by atoms with Gasteiger partial charge in [0.1, 0.15) is 0 Å². The lowest BCUT2D eigenvalue weighted by Gasteiger charge is -2.12. The second kappa shape index (κ2) is 6.45. The Morgan fingerprint density at radius 1 is 1.33 bits per heavy atom. The zero-order chi connectivity index (χ0) is 13.5. The van der Waals surface area contributed by atoms with Crippen LogP contribution in [0.2, 0.25) is 0 Å². The molecule has 0 aromatic heterocycles. The monoisotopic (exact) mass is 244 g/mol. The van der Waals surface area contributed by atoms with E-state index in [1.54, 1.807) is 24.3 Å². The number of nitrogens with one attached hydrogen (secondary N) is 2. The molecule has 18 heavy (non-hydrogen) atoms. The number of Topliss-reactive ketones (excluding diaryl/α,β-unsaturated/α-hetero) is 1. The number of carbonyl (C=O) groups is 2. The molecule has 2 amide bonds. The zero-order valence-electron chi connectivity index (χ0n) is 10.5. The van der Waals surface area contributed by atoms with Crippen LogP contribution in [0, 0.1) is 12.3 Å². The number of rotatable bonds is 4. The third-order valence-electron chi connectivity index (χ3n) is 2.46. The summed E-state index contributed by atoms with van der Waals surface area (Å²) in [5.41, 5.74) is 1.22. The zero-order valence-corrected chi connectivity index (χ0v) is 10.5. The van der Waals surface area contributed by atoms with Crippen molar-refractivity contribution in [1.82, 2.24) is 5.32 Å². The number of ketones is 1. The molecule has 0 aliphatic carbocycles. The van der Waals surface area contributed by atoms with Crippen LogP contribution in [0.4, 0.5) is 10.5 Å². The van der Waals surface area contributed by atoms with E-state index < -0.39 is 0 Å². The van der Waals surface area contributed by atoms with E-state index in [1.807, 2.05) is 6.92 Å². The van der Waals surface area contributed by atoms with Crippen molar-refractivity contribution in [2.75, 3.05) is 5.32 Å². The molecule has 94 valence electrons. The number of carbonyl (C=O) groups excluding carboxylic acids is 2. The standard InChI is InChI=1S/C14H16N2O2/c1-4-12(5-2)15-14(18)16-13-8-6-11(7-9-13)10(3)17/h1,6-9,12H,5H2,2-3H3,(H2,15,16,18). The summed E-state index contributed by atoms with van der Waals surface area (Å²) < 4.78 is 0. The van der Waals surface area contributed by atoms with Crippen molar-refractivity contribution in [3.63, 3.8) is 0 Å². The van der Waals surface area contributed by atoms with Gasteiger partial charge in [0.2, 0.25) is 0 Å². The molecule has 1 unspecified atom stereocenters. The second-order valence-corrected chi connectivity index (χ2v) is 3.86. The van der Waals surface area contributed by atoms with Gasteiger partial charge in [-0.3, -0.25) is 4.79 Å². The molecular formula is C14H16N2O2. The maximum atomic E-state index is 11.6. The summed E-state index contributed by atoms with van der Waals surface area (Å²) >= 11 is 0. The van der Waals surface area contributed by atoms with Crippen LogP contribution in [0.1, 0.15) is 30.6 Å². The lowest BCUT2D eigenvalue weighted by molar-refractivity contribution is 0.101. The Morgan fingerprint density at radius 3 is 2.39 bits per heavy atom. The lowest BCUT2D eigenvalue weighted by Crippen LogP contribution is -2.36. The van der Waals surface area contributed by atoms with Crippen molar-refractivity contribution in [1.29, 1.82) is 0 Å². The van der Waals surface area contributed by atoms with E-state index >= 15 is 0 Å². The topological polar surface area (TPSA) is 58.2 Å². The van der Waals surface area contributed by atoms with Crippen LogP contribution in [-0.2, 0) is 0 Å². The van der Waals surface area contributed by atoms with Gasteiger partial charge < -0.3 is 10.6 Å². The van der Waals surface area contributed by atoms with Crippen LogP contribution in [-0.4, -0.2) is 17.9 Å². The van der Waals surface area contributed by atoms with Gasteiger partial charge >= 0.3 is 6.03 Å². The highest BCUT2D eigenvalue weighted by molar-refractivity contribution is 5.95. The van der Waals surface area contributed by atoms with Crippen molar-refractivity contribution in [2.24, 2.45) is 0 Å². The molecule has 0 fully saturated rings. The van der Waals surface area contributed by atoms with Gasteiger partial charge in [-0.2, -0.15) is 0 Å². The lowest BCUT2D eigenvalue weighted by atomic mass is 10.1. The number of benzene rings is 1. The molecule has 2 N–H and O–H groups in total. The van der Waals surface area contributed by atoms with E-state index in [9.17, 15) is 9.59 Å². The van der Waals surface area contributed by atoms with Crippen LogP contribution >= 0.6 is 0 Å². The van der Waals surface area contributed by atoms with E-state index in [0.29, 0.717) is 17.7 Å². The first-order valence-electron chi connectivity index (χ1n) is 5.71. The molecule has 0 heterocycles. The van der Waals surface area contributed by atoms with E-state index in [1.165, 1.54) is 6.92 Å². The molecule has 0 saturated heterocycles. The Hall–Kier alpha value is -2.28. The minimum absolute atomic E-state index is 0.00983. The number of hydrogen-bond acceptors (Lipinski definition) is 2. The summed E-state index contributed by atoms with van der Waals surface area (Å²) in [5, 5.41) is 5.30. The Labute approximate surface area is 107 Å². The molecule has 0 bridgehead atoms. The van der Waals surface area contributed by atoms with Gasteiger partial charge in [-0.1, -0.05) is 12.8 Å². The first-order chi connectivity index (χ1) is 8.56. The molecule has 0 spiro atoms. The van der Waals surface area contributed by atoms with Gasteiger partial charge in [0, 0.05) is 11.3 Å². The van der Waals surface area contributed by atoms with Crippen molar-refractivity contribution >= 4 is 17.5 Å². The van der Waals surface area contributed by atoms with Gasteiger partial charge in [-0.25, -0.2) is 4.79 Å². The Bertz CT molecular complexity index is 472. The fourth-order valence-corrected chi connectivity index (χ4v) is 1.38. The maximum Gasteiger partial charge on any atom is 0.320 e. The molecule has 4 nitrogen and oxygen atoms in total. The predicted molar refractivity (Wildman–Crippen MR) is 71.5 cm³/mol. The number of amides is 2. The Kier molecular flexibility index (Phi) is 4.94. The molecule has 0 saturated carbocycles. The van der Waals surface area contributed by atoms with Gasteiger partial charge in [0.05, 0.1) is 6.04 Å². The number of hydrogen-bond donors (Lipinski definition) is 2.